The quantitative estimate of drug-likeness (QED) is 0.0262. The summed E-state index contributed by atoms with van der Waals surface area (Å²) in [5, 5.41) is 0. The molecule has 0 saturated carbocycles. The van der Waals surface area contributed by atoms with Crippen LogP contribution in [0.25, 0.3) is 0 Å². The van der Waals surface area contributed by atoms with E-state index in [1.165, 1.54) is 186 Å². The van der Waals surface area contributed by atoms with Gasteiger partial charge < -0.3 is 14.2 Å². The fourth-order valence-electron chi connectivity index (χ4n) is 8.39. The third-order valence-electron chi connectivity index (χ3n) is 12.8. The van der Waals surface area contributed by atoms with E-state index in [1.54, 1.807) is 0 Å². The van der Waals surface area contributed by atoms with Gasteiger partial charge in [0.05, 0.1) is 0 Å². The van der Waals surface area contributed by atoms with Gasteiger partial charge in [0.1, 0.15) is 13.2 Å². The number of carbonyl (C=O) groups is 3. The first-order chi connectivity index (χ1) is 33.0. The Morgan fingerprint density at radius 3 is 0.881 bits per heavy atom. The standard InChI is InChI=1S/C61H110O6/c1-4-7-10-13-16-19-22-25-27-29-30-32-33-36-39-42-45-48-51-54-60(63)66-57-58(56-65-59(62)53-50-47-44-41-38-35-24-21-18-15-12-9-6-3)67-61(64)55-52-49-46-43-40-37-34-31-28-26-23-20-17-14-11-8-5-2/h16,19,25-28,30,32,58H,4-15,17-18,20-24,29,31,33-57H2,1-3H3/b19-16-,27-25-,28-26-,32-30-/t58-/m1/s1. The number of rotatable bonds is 53. The van der Waals surface area contributed by atoms with Crippen molar-refractivity contribution in [1.82, 2.24) is 0 Å². The Morgan fingerprint density at radius 1 is 0.299 bits per heavy atom. The number of allylic oxidation sites excluding steroid dienone is 8. The average molecular weight is 940 g/mol. The van der Waals surface area contributed by atoms with Crippen molar-refractivity contribution < 1.29 is 28.6 Å². The van der Waals surface area contributed by atoms with Crippen molar-refractivity contribution in [2.45, 2.75) is 309 Å². The number of hydrogen-bond donors (Lipinski definition) is 0. The highest BCUT2D eigenvalue weighted by Gasteiger charge is 2.19. The van der Waals surface area contributed by atoms with Crippen LogP contribution in [-0.2, 0) is 28.6 Å². The number of carbonyl (C=O) groups excluding carboxylic acids is 3. The summed E-state index contributed by atoms with van der Waals surface area (Å²) in [5.74, 6) is -0.879. The van der Waals surface area contributed by atoms with Gasteiger partial charge in [0, 0.05) is 19.3 Å². The highest BCUT2D eigenvalue weighted by molar-refractivity contribution is 5.71. The minimum Gasteiger partial charge on any atom is -0.462 e. The number of unbranched alkanes of at least 4 members (excludes halogenated alkanes) is 34. The SMILES string of the molecule is CCCCC/C=C\C/C=C\C/C=C\CCCCCCCCC(=O)OC[C@@H](COC(=O)CCCCCCCCCCCCCCC)OC(=O)CCCCCCCCC/C=C\CCCCCCCC. The highest BCUT2D eigenvalue weighted by Crippen LogP contribution is 2.16. The van der Waals surface area contributed by atoms with E-state index < -0.39 is 6.10 Å². The molecule has 0 radical (unpaired) electrons. The van der Waals surface area contributed by atoms with Gasteiger partial charge in [-0.15, -0.1) is 0 Å². The molecule has 0 heterocycles. The number of hydrogen-bond acceptors (Lipinski definition) is 6. The molecule has 0 aromatic carbocycles. The molecule has 390 valence electrons. The molecule has 0 aliphatic rings. The fourth-order valence-corrected chi connectivity index (χ4v) is 8.39. The fraction of sp³-hybridized carbons (Fsp3) is 0.820. The Hall–Kier alpha value is -2.63. The van der Waals surface area contributed by atoms with Crippen LogP contribution >= 0.6 is 0 Å². The lowest BCUT2D eigenvalue weighted by atomic mass is 10.0. The van der Waals surface area contributed by atoms with Crippen molar-refractivity contribution in [2.75, 3.05) is 13.2 Å². The molecule has 0 amide bonds. The second kappa shape index (κ2) is 56.0. The topological polar surface area (TPSA) is 78.9 Å². The van der Waals surface area contributed by atoms with E-state index in [0.717, 1.165) is 77.0 Å². The van der Waals surface area contributed by atoms with Crippen molar-refractivity contribution in [2.24, 2.45) is 0 Å². The monoisotopic (exact) mass is 939 g/mol. The van der Waals surface area contributed by atoms with Crippen LogP contribution in [0.15, 0.2) is 48.6 Å². The molecular weight excluding hydrogens is 829 g/mol. The third kappa shape index (κ3) is 54.2. The smallest absolute Gasteiger partial charge is 0.306 e. The van der Waals surface area contributed by atoms with E-state index in [-0.39, 0.29) is 31.1 Å². The molecule has 0 N–H and O–H groups in total. The Bertz CT molecular complexity index is 1170. The molecule has 0 spiro atoms. The van der Waals surface area contributed by atoms with Gasteiger partial charge in [-0.2, -0.15) is 0 Å². The average Bonchev–Trinajstić information content (AvgIpc) is 3.33. The normalized spacial score (nSPS) is 12.3. The summed E-state index contributed by atoms with van der Waals surface area (Å²) in [5.41, 5.74) is 0. The third-order valence-corrected chi connectivity index (χ3v) is 12.8. The molecule has 0 bridgehead atoms. The summed E-state index contributed by atoms with van der Waals surface area (Å²) in [6, 6.07) is 0. The lowest BCUT2D eigenvalue weighted by Crippen LogP contribution is -2.30. The van der Waals surface area contributed by atoms with Gasteiger partial charge in [-0.3, -0.25) is 14.4 Å². The largest absolute Gasteiger partial charge is 0.462 e. The first kappa shape index (κ1) is 64.4. The Balaban J connectivity index is 4.37. The highest BCUT2D eigenvalue weighted by atomic mass is 16.6. The minimum atomic E-state index is -0.778. The number of esters is 3. The van der Waals surface area contributed by atoms with Crippen LogP contribution in [0.5, 0.6) is 0 Å². The summed E-state index contributed by atoms with van der Waals surface area (Å²) in [6.07, 6.45) is 68.1. The summed E-state index contributed by atoms with van der Waals surface area (Å²) in [4.78, 5) is 38.1. The Labute approximate surface area is 416 Å². The van der Waals surface area contributed by atoms with Crippen LogP contribution in [0.4, 0.5) is 0 Å². The summed E-state index contributed by atoms with van der Waals surface area (Å²) in [6.45, 7) is 6.63. The zero-order valence-electron chi connectivity index (χ0n) is 44.7. The van der Waals surface area contributed by atoms with Gasteiger partial charge in [-0.1, -0.05) is 249 Å². The van der Waals surface area contributed by atoms with Gasteiger partial charge in [-0.25, -0.2) is 0 Å². The minimum absolute atomic E-state index is 0.0761. The zero-order chi connectivity index (χ0) is 48.6. The van der Waals surface area contributed by atoms with Crippen LogP contribution in [0.3, 0.4) is 0 Å². The van der Waals surface area contributed by atoms with Crippen LogP contribution in [0, 0.1) is 0 Å². The van der Waals surface area contributed by atoms with Gasteiger partial charge in [-0.05, 0) is 83.5 Å². The molecule has 0 aromatic rings. The van der Waals surface area contributed by atoms with Crippen LogP contribution in [0.2, 0.25) is 0 Å². The maximum absolute atomic E-state index is 12.9. The van der Waals surface area contributed by atoms with Crippen molar-refractivity contribution in [1.29, 1.82) is 0 Å². The predicted octanol–water partition coefficient (Wildman–Crippen LogP) is 19.4. The van der Waals surface area contributed by atoms with Crippen molar-refractivity contribution in [3.05, 3.63) is 48.6 Å². The lowest BCUT2D eigenvalue weighted by Gasteiger charge is -2.18. The van der Waals surface area contributed by atoms with Crippen LogP contribution in [0.1, 0.15) is 303 Å². The van der Waals surface area contributed by atoms with Gasteiger partial charge in [0.25, 0.3) is 0 Å². The van der Waals surface area contributed by atoms with Gasteiger partial charge in [0.2, 0.25) is 0 Å². The summed E-state index contributed by atoms with van der Waals surface area (Å²) < 4.78 is 16.9. The second-order valence-electron chi connectivity index (χ2n) is 19.6. The van der Waals surface area contributed by atoms with E-state index in [9.17, 15) is 14.4 Å². The molecule has 0 aliphatic carbocycles. The van der Waals surface area contributed by atoms with E-state index in [1.807, 2.05) is 0 Å². The first-order valence-corrected chi connectivity index (χ1v) is 29.1. The molecule has 0 rings (SSSR count). The molecule has 6 nitrogen and oxygen atoms in total. The maximum Gasteiger partial charge on any atom is 0.306 e. The molecule has 0 unspecified atom stereocenters. The van der Waals surface area contributed by atoms with Gasteiger partial charge in [0.15, 0.2) is 6.10 Å². The van der Waals surface area contributed by atoms with E-state index in [0.29, 0.717) is 19.3 Å². The Kier molecular flexibility index (Phi) is 53.8. The van der Waals surface area contributed by atoms with Gasteiger partial charge >= 0.3 is 17.9 Å². The maximum atomic E-state index is 12.9. The van der Waals surface area contributed by atoms with E-state index >= 15 is 0 Å². The summed E-state index contributed by atoms with van der Waals surface area (Å²) in [7, 11) is 0. The Morgan fingerprint density at radius 2 is 0.537 bits per heavy atom. The second-order valence-corrected chi connectivity index (χ2v) is 19.6. The molecule has 6 heteroatoms. The predicted molar refractivity (Wildman–Crippen MR) is 289 cm³/mol. The molecule has 67 heavy (non-hydrogen) atoms. The molecular formula is C61H110O6. The van der Waals surface area contributed by atoms with Crippen molar-refractivity contribution >= 4 is 17.9 Å². The van der Waals surface area contributed by atoms with E-state index in [4.69, 9.17) is 14.2 Å². The van der Waals surface area contributed by atoms with Crippen molar-refractivity contribution in [3.63, 3.8) is 0 Å². The molecule has 0 saturated heterocycles. The van der Waals surface area contributed by atoms with Crippen LogP contribution in [-0.4, -0.2) is 37.2 Å². The molecule has 0 aliphatic heterocycles. The van der Waals surface area contributed by atoms with Crippen molar-refractivity contribution in [3.8, 4) is 0 Å². The molecule has 1 atom stereocenters. The molecule has 0 fully saturated rings. The van der Waals surface area contributed by atoms with E-state index in [2.05, 4.69) is 69.4 Å². The lowest BCUT2D eigenvalue weighted by molar-refractivity contribution is -0.167. The summed E-state index contributed by atoms with van der Waals surface area (Å²) >= 11 is 0. The first-order valence-electron chi connectivity index (χ1n) is 29.1. The molecule has 0 aromatic heterocycles. The number of ether oxygens (including phenoxy) is 3. The zero-order valence-corrected chi connectivity index (χ0v) is 44.7. The van der Waals surface area contributed by atoms with Crippen LogP contribution < -0.4 is 0 Å².